The molecule has 4 rings (SSSR count). The van der Waals surface area contributed by atoms with E-state index >= 15 is 0 Å². The van der Waals surface area contributed by atoms with E-state index < -0.39 is 0 Å². The molecule has 0 spiro atoms. The molecule has 0 fully saturated rings. The van der Waals surface area contributed by atoms with Crippen molar-refractivity contribution in [3.8, 4) is 0 Å². The van der Waals surface area contributed by atoms with Crippen LogP contribution in [-0.4, -0.2) is 27.4 Å². The number of imidazole rings is 2. The lowest BCUT2D eigenvalue weighted by Gasteiger charge is -2.11. The van der Waals surface area contributed by atoms with E-state index in [1.807, 2.05) is 55.2 Å². The molecule has 0 unspecified atom stereocenters. The van der Waals surface area contributed by atoms with Gasteiger partial charge < -0.3 is 4.57 Å². The van der Waals surface area contributed by atoms with Gasteiger partial charge in [0, 0.05) is 44.5 Å². The van der Waals surface area contributed by atoms with Crippen molar-refractivity contribution >= 4 is 11.9 Å². The van der Waals surface area contributed by atoms with Gasteiger partial charge in [0.15, 0.2) is 6.20 Å². The summed E-state index contributed by atoms with van der Waals surface area (Å²) in [7, 11) is 1.98. The summed E-state index contributed by atoms with van der Waals surface area (Å²) in [6.07, 6.45) is 23.7. The molecule has 0 radical (unpaired) electrons. The summed E-state index contributed by atoms with van der Waals surface area (Å²) < 4.78 is 9.06. The van der Waals surface area contributed by atoms with E-state index in [1.165, 1.54) is 38.5 Å². The number of aryl methyl sites for hydroxylation is 4. The van der Waals surface area contributed by atoms with Gasteiger partial charge in [-0.25, -0.2) is 14.1 Å². The summed E-state index contributed by atoms with van der Waals surface area (Å²) in [4.78, 5) is 4.10. The van der Waals surface area contributed by atoms with Crippen LogP contribution in [0.5, 0.6) is 0 Å². The average molecular weight is 486 g/mol. The number of unbranched alkanes of at least 4 members (excludes halogenated alkanes) is 4. The van der Waals surface area contributed by atoms with E-state index in [0.717, 1.165) is 37.6 Å². The lowest BCUT2D eigenvalue weighted by molar-refractivity contribution is -0.699. The Kier molecular flexibility index (Phi) is 9.84. The number of aromatic nitrogens is 5. The third-order valence-corrected chi connectivity index (χ3v) is 6.42. The van der Waals surface area contributed by atoms with Crippen molar-refractivity contribution in [1.29, 1.82) is 0 Å². The molecule has 188 valence electrons. The Bertz CT molecular complexity index is 1170. The van der Waals surface area contributed by atoms with Gasteiger partial charge in [0.2, 0.25) is 12.0 Å². The van der Waals surface area contributed by atoms with Crippen LogP contribution in [0.15, 0.2) is 97.3 Å². The zero-order valence-corrected chi connectivity index (χ0v) is 21.4. The van der Waals surface area contributed by atoms with Crippen LogP contribution in [0.25, 0.3) is 0 Å². The molecule has 0 N–H and O–H groups in total. The third-order valence-electron chi connectivity index (χ3n) is 6.42. The van der Waals surface area contributed by atoms with Crippen LogP contribution < -0.4 is 14.1 Å². The van der Waals surface area contributed by atoms with Gasteiger partial charge in [-0.3, -0.25) is 5.01 Å². The van der Waals surface area contributed by atoms with E-state index in [1.54, 1.807) is 0 Å². The molecule has 0 aliphatic rings. The highest BCUT2D eigenvalue weighted by atomic mass is 15.4. The monoisotopic (exact) mass is 485 g/mol. The van der Waals surface area contributed by atoms with Crippen LogP contribution >= 0.6 is 0 Å². The van der Waals surface area contributed by atoms with Crippen LogP contribution in [0.3, 0.4) is 0 Å². The molecule has 3 aromatic heterocycles. The minimum absolute atomic E-state index is 1.01. The summed E-state index contributed by atoms with van der Waals surface area (Å²) in [6.45, 7) is 4.22. The molecule has 0 saturated heterocycles. The van der Waals surface area contributed by atoms with Crippen LogP contribution in [0.1, 0.15) is 44.2 Å². The van der Waals surface area contributed by atoms with Gasteiger partial charge in [-0.05, 0) is 50.3 Å². The molecular formula is C29H39N7+2. The zero-order valence-electron chi connectivity index (χ0n) is 21.4. The molecule has 0 aliphatic heterocycles. The van der Waals surface area contributed by atoms with Gasteiger partial charge in [-0.15, -0.1) is 0 Å². The molecule has 3 heterocycles. The standard InChI is InChI=1S/C29H39N7/c1-32(28-13-5-4-6-14-28)31-25-29-15-7-10-21-36(29)20-9-3-2-8-18-34-23-24-35(27-34)19-12-11-17-33-22-16-30-26-33/h4-7,10,13-16,21-27H,2-3,8-9,11-12,17-20H2,1H3/q+2. The number of rotatable bonds is 15. The Morgan fingerprint density at radius 3 is 2.42 bits per heavy atom. The summed E-state index contributed by atoms with van der Waals surface area (Å²) in [5.41, 5.74) is 2.21. The molecule has 0 bridgehead atoms. The minimum atomic E-state index is 1.01. The lowest BCUT2D eigenvalue weighted by atomic mass is 10.2. The van der Waals surface area contributed by atoms with Crippen molar-refractivity contribution in [2.45, 2.75) is 64.7 Å². The number of benzene rings is 1. The SMILES string of the molecule is CN(/N=C/c1cccc[n+]1CCCCCC[n+]1ccn(CCCCn2ccnc2)c1)c1ccccc1. The van der Waals surface area contributed by atoms with E-state index in [0.29, 0.717) is 0 Å². The maximum atomic E-state index is 4.63. The second-order valence-electron chi connectivity index (χ2n) is 9.23. The number of nitrogens with zero attached hydrogens (tertiary/aromatic N) is 7. The van der Waals surface area contributed by atoms with Crippen molar-refractivity contribution in [3.05, 3.63) is 97.9 Å². The maximum Gasteiger partial charge on any atom is 0.243 e. The number of anilines is 1. The molecule has 7 heteroatoms. The molecule has 7 nitrogen and oxygen atoms in total. The Morgan fingerprint density at radius 1 is 0.833 bits per heavy atom. The first-order chi connectivity index (χ1) is 17.8. The minimum Gasteiger partial charge on any atom is -0.337 e. The number of pyridine rings is 1. The predicted octanol–water partition coefficient (Wildman–Crippen LogP) is 4.47. The second kappa shape index (κ2) is 14.0. The normalized spacial score (nSPS) is 11.4. The van der Waals surface area contributed by atoms with E-state index in [2.05, 4.69) is 83.6 Å². The number of hydrogen-bond acceptors (Lipinski definition) is 3. The summed E-state index contributed by atoms with van der Waals surface area (Å²) in [5, 5.41) is 6.54. The van der Waals surface area contributed by atoms with Crippen LogP contribution in [0.2, 0.25) is 0 Å². The van der Waals surface area contributed by atoms with E-state index in [9.17, 15) is 0 Å². The molecular weight excluding hydrogens is 446 g/mol. The second-order valence-corrected chi connectivity index (χ2v) is 9.23. The van der Waals surface area contributed by atoms with Crippen molar-refractivity contribution in [2.75, 3.05) is 12.1 Å². The number of hydrazone groups is 1. The molecule has 0 aliphatic carbocycles. The Hall–Kier alpha value is -3.74. The van der Waals surface area contributed by atoms with Crippen molar-refractivity contribution in [2.24, 2.45) is 5.10 Å². The van der Waals surface area contributed by atoms with Crippen molar-refractivity contribution in [3.63, 3.8) is 0 Å². The first kappa shape index (κ1) is 25.4. The number of para-hydroxylation sites is 1. The van der Waals surface area contributed by atoms with Crippen molar-refractivity contribution in [1.82, 2.24) is 14.1 Å². The van der Waals surface area contributed by atoms with Gasteiger partial charge in [0.1, 0.15) is 25.2 Å². The quantitative estimate of drug-likeness (QED) is 0.108. The Morgan fingerprint density at radius 2 is 1.61 bits per heavy atom. The molecule has 1 aromatic carbocycles. The number of hydrogen-bond donors (Lipinski definition) is 0. The lowest BCUT2D eigenvalue weighted by Crippen LogP contribution is -2.38. The first-order valence-corrected chi connectivity index (χ1v) is 13.1. The Labute approximate surface area is 215 Å². The highest BCUT2D eigenvalue weighted by molar-refractivity contribution is 5.75. The van der Waals surface area contributed by atoms with Crippen molar-refractivity contribution < 1.29 is 9.13 Å². The fourth-order valence-corrected chi connectivity index (χ4v) is 4.31. The predicted molar refractivity (Wildman–Crippen MR) is 144 cm³/mol. The largest absolute Gasteiger partial charge is 0.337 e. The van der Waals surface area contributed by atoms with E-state index in [-0.39, 0.29) is 0 Å². The molecule has 0 atom stereocenters. The van der Waals surface area contributed by atoms with Gasteiger partial charge in [0.05, 0.1) is 25.1 Å². The summed E-state index contributed by atoms with van der Waals surface area (Å²) in [5.74, 6) is 0. The van der Waals surface area contributed by atoms with Crippen LogP contribution in [-0.2, 0) is 26.2 Å². The molecule has 4 aromatic rings. The molecule has 0 saturated carbocycles. The highest BCUT2D eigenvalue weighted by Gasteiger charge is 2.08. The van der Waals surface area contributed by atoms with Gasteiger partial charge >= 0.3 is 0 Å². The fourth-order valence-electron chi connectivity index (χ4n) is 4.31. The zero-order chi connectivity index (χ0) is 24.8. The first-order valence-electron chi connectivity index (χ1n) is 13.1. The molecule has 36 heavy (non-hydrogen) atoms. The fraction of sp³-hybridized carbons (Fsp3) is 0.379. The van der Waals surface area contributed by atoms with Gasteiger partial charge in [-0.1, -0.05) is 18.2 Å². The van der Waals surface area contributed by atoms with Gasteiger partial charge in [-0.2, -0.15) is 9.67 Å². The summed E-state index contributed by atoms with van der Waals surface area (Å²) >= 11 is 0. The third kappa shape index (κ3) is 8.18. The smallest absolute Gasteiger partial charge is 0.243 e. The van der Waals surface area contributed by atoms with Crippen LogP contribution in [0.4, 0.5) is 5.69 Å². The maximum absolute atomic E-state index is 4.63. The van der Waals surface area contributed by atoms with E-state index in [4.69, 9.17) is 0 Å². The topological polar surface area (TPSA) is 46.1 Å². The highest BCUT2D eigenvalue weighted by Crippen LogP contribution is 2.10. The summed E-state index contributed by atoms with van der Waals surface area (Å²) in [6, 6.07) is 16.5. The molecule has 0 amide bonds. The van der Waals surface area contributed by atoms with Crippen LogP contribution in [0, 0.1) is 0 Å². The Balaban J connectivity index is 1.12. The van der Waals surface area contributed by atoms with Gasteiger partial charge in [0.25, 0.3) is 0 Å². The average Bonchev–Trinajstić information content (AvgIpc) is 3.60.